The van der Waals surface area contributed by atoms with Crippen molar-refractivity contribution < 1.29 is 25.2 Å². The van der Waals surface area contributed by atoms with Gasteiger partial charge in [-0.1, -0.05) is 0 Å². The summed E-state index contributed by atoms with van der Waals surface area (Å²) in [7, 11) is 0. The van der Waals surface area contributed by atoms with Gasteiger partial charge in [-0.05, 0) is 65.0 Å². The van der Waals surface area contributed by atoms with Crippen LogP contribution in [0.2, 0.25) is 0 Å². The van der Waals surface area contributed by atoms with Gasteiger partial charge in [0.05, 0.1) is 13.2 Å². The standard InChI is InChI=1S/C16H36N4O5.ClH/c17-5-3-8-18-6-1-2-7-19-9-4-10-20-16(12-22)15(24)14(23)13(11-21)25-16;/h13-15,18-24H,1-12,17H2;1H/t13-,14-,15+,16?;/m1./s1. The molecule has 1 saturated heterocycles. The molecule has 1 fully saturated rings. The predicted octanol–water partition coefficient (Wildman–Crippen LogP) is -2.50. The van der Waals surface area contributed by atoms with E-state index in [0.717, 1.165) is 58.4 Å². The molecule has 0 radical (unpaired) electrons. The minimum atomic E-state index is -1.41. The number of ether oxygens (including phenoxy) is 1. The van der Waals surface area contributed by atoms with E-state index in [0.29, 0.717) is 6.54 Å². The molecule has 1 unspecified atom stereocenters. The first-order chi connectivity index (χ1) is 12.1. The van der Waals surface area contributed by atoms with Crippen molar-refractivity contribution >= 4 is 12.4 Å². The zero-order chi connectivity index (χ0) is 18.5. The third-order valence-electron chi connectivity index (χ3n) is 4.43. The van der Waals surface area contributed by atoms with Crippen molar-refractivity contribution in [1.29, 1.82) is 0 Å². The Hall–Kier alpha value is -0.0700. The van der Waals surface area contributed by atoms with Gasteiger partial charge in [-0.25, -0.2) is 0 Å². The van der Waals surface area contributed by atoms with Crippen LogP contribution in [0, 0.1) is 0 Å². The maximum Gasteiger partial charge on any atom is 0.171 e. The van der Waals surface area contributed by atoms with Crippen LogP contribution in [-0.2, 0) is 4.74 Å². The zero-order valence-corrected chi connectivity index (χ0v) is 16.2. The summed E-state index contributed by atoms with van der Waals surface area (Å²) in [4.78, 5) is 0. The number of aliphatic hydroxyl groups is 4. The highest BCUT2D eigenvalue weighted by Crippen LogP contribution is 2.28. The fraction of sp³-hybridized carbons (Fsp3) is 1.00. The molecule has 1 rings (SSSR count). The minimum absolute atomic E-state index is 0. The van der Waals surface area contributed by atoms with Crippen molar-refractivity contribution in [3.8, 4) is 0 Å². The zero-order valence-electron chi connectivity index (χ0n) is 15.4. The van der Waals surface area contributed by atoms with E-state index in [2.05, 4.69) is 16.0 Å². The molecule has 0 aliphatic carbocycles. The summed E-state index contributed by atoms with van der Waals surface area (Å²) in [5, 5.41) is 48.2. The third kappa shape index (κ3) is 8.30. The molecule has 26 heavy (non-hydrogen) atoms. The molecule has 0 aromatic heterocycles. The van der Waals surface area contributed by atoms with E-state index in [1.54, 1.807) is 0 Å². The van der Waals surface area contributed by atoms with Crippen molar-refractivity contribution in [1.82, 2.24) is 16.0 Å². The molecule has 1 heterocycles. The number of aliphatic hydroxyl groups excluding tert-OH is 4. The Morgan fingerprint density at radius 1 is 0.885 bits per heavy atom. The highest BCUT2D eigenvalue weighted by atomic mass is 35.5. The molecule has 1 aliphatic rings. The molecule has 0 aromatic carbocycles. The second-order valence-electron chi connectivity index (χ2n) is 6.45. The van der Waals surface area contributed by atoms with Crippen LogP contribution < -0.4 is 21.7 Å². The van der Waals surface area contributed by atoms with Gasteiger partial charge in [0.1, 0.15) is 18.3 Å². The van der Waals surface area contributed by atoms with Crippen molar-refractivity contribution in [3.63, 3.8) is 0 Å². The molecule has 4 atom stereocenters. The number of nitrogens with two attached hydrogens (primary N) is 1. The Morgan fingerprint density at radius 2 is 1.46 bits per heavy atom. The van der Waals surface area contributed by atoms with Crippen molar-refractivity contribution in [2.75, 3.05) is 52.5 Å². The van der Waals surface area contributed by atoms with Gasteiger partial charge in [0.25, 0.3) is 0 Å². The molecule has 158 valence electrons. The van der Waals surface area contributed by atoms with Crippen molar-refractivity contribution in [2.24, 2.45) is 5.73 Å². The van der Waals surface area contributed by atoms with Crippen LogP contribution >= 0.6 is 12.4 Å². The molecule has 10 heteroatoms. The van der Waals surface area contributed by atoms with Crippen LogP contribution in [-0.4, -0.2) is 96.9 Å². The van der Waals surface area contributed by atoms with Gasteiger partial charge in [-0.2, -0.15) is 0 Å². The average molecular weight is 401 g/mol. The van der Waals surface area contributed by atoms with Crippen LogP contribution in [0.4, 0.5) is 0 Å². The van der Waals surface area contributed by atoms with E-state index in [-0.39, 0.29) is 12.4 Å². The average Bonchev–Trinajstić information content (AvgIpc) is 2.87. The maximum absolute atomic E-state index is 10.0. The van der Waals surface area contributed by atoms with Gasteiger partial charge in [-0.3, -0.25) is 5.32 Å². The van der Waals surface area contributed by atoms with Gasteiger partial charge in [0, 0.05) is 0 Å². The number of unbranched alkanes of at least 4 members (excludes halogenated alkanes) is 1. The van der Waals surface area contributed by atoms with E-state index in [9.17, 15) is 15.3 Å². The number of nitrogens with one attached hydrogen (secondary N) is 3. The lowest BCUT2D eigenvalue weighted by molar-refractivity contribution is -0.138. The number of halogens is 1. The smallest absolute Gasteiger partial charge is 0.171 e. The summed E-state index contributed by atoms with van der Waals surface area (Å²) in [6, 6.07) is 0. The quantitative estimate of drug-likeness (QED) is 0.139. The van der Waals surface area contributed by atoms with Gasteiger partial charge in [0.15, 0.2) is 5.72 Å². The summed E-state index contributed by atoms with van der Waals surface area (Å²) in [6.45, 7) is 4.06. The van der Waals surface area contributed by atoms with Gasteiger partial charge in [0.2, 0.25) is 0 Å². The number of hydrogen-bond donors (Lipinski definition) is 8. The summed E-state index contributed by atoms with van der Waals surface area (Å²) in [6.07, 6.45) is 0.600. The lowest BCUT2D eigenvalue weighted by atomic mass is 10.0. The topological polar surface area (TPSA) is 152 Å². The van der Waals surface area contributed by atoms with Gasteiger partial charge in [-0.15, -0.1) is 12.4 Å². The lowest BCUT2D eigenvalue weighted by Crippen LogP contribution is -2.57. The molecule has 0 spiro atoms. The molecule has 0 saturated carbocycles. The fourth-order valence-corrected chi connectivity index (χ4v) is 2.86. The first kappa shape index (κ1) is 25.9. The van der Waals surface area contributed by atoms with Crippen LogP contribution in [0.5, 0.6) is 0 Å². The largest absolute Gasteiger partial charge is 0.394 e. The summed E-state index contributed by atoms with van der Waals surface area (Å²) >= 11 is 0. The monoisotopic (exact) mass is 400 g/mol. The molecule has 9 nitrogen and oxygen atoms in total. The molecule has 9 N–H and O–H groups in total. The third-order valence-corrected chi connectivity index (χ3v) is 4.43. The second-order valence-corrected chi connectivity index (χ2v) is 6.45. The predicted molar refractivity (Wildman–Crippen MR) is 102 cm³/mol. The summed E-state index contributed by atoms with van der Waals surface area (Å²) < 4.78 is 5.43. The summed E-state index contributed by atoms with van der Waals surface area (Å²) in [5.74, 6) is 0. The Bertz CT molecular complexity index is 346. The molecule has 1 aliphatic heterocycles. The van der Waals surface area contributed by atoms with Crippen LogP contribution in [0.1, 0.15) is 25.7 Å². The molecule has 0 aromatic rings. The normalized spacial score (nSPS) is 28.3. The molecular formula is C16H37ClN4O5. The molecular weight excluding hydrogens is 364 g/mol. The Labute approximate surface area is 162 Å². The van der Waals surface area contributed by atoms with Crippen LogP contribution in [0.15, 0.2) is 0 Å². The maximum atomic E-state index is 10.0. The summed E-state index contributed by atoms with van der Waals surface area (Å²) in [5.41, 5.74) is 4.01. The Kier molecular flexibility index (Phi) is 14.9. The minimum Gasteiger partial charge on any atom is -0.394 e. The Morgan fingerprint density at radius 3 is 1.96 bits per heavy atom. The van der Waals surface area contributed by atoms with Crippen molar-refractivity contribution in [2.45, 2.75) is 49.7 Å². The van der Waals surface area contributed by atoms with E-state index >= 15 is 0 Å². The highest BCUT2D eigenvalue weighted by Gasteiger charge is 2.53. The van der Waals surface area contributed by atoms with E-state index in [1.807, 2.05) is 0 Å². The highest BCUT2D eigenvalue weighted by molar-refractivity contribution is 5.85. The van der Waals surface area contributed by atoms with E-state index < -0.39 is 37.3 Å². The van der Waals surface area contributed by atoms with Gasteiger partial charge >= 0.3 is 0 Å². The number of rotatable bonds is 15. The lowest BCUT2D eigenvalue weighted by Gasteiger charge is -2.31. The fourth-order valence-electron chi connectivity index (χ4n) is 2.86. The first-order valence-electron chi connectivity index (χ1n) is 9.23. The van der Waals surface area contributed by atoms with Crippen molar-refractivity contribution in [3.05, 3.63) is 0 Å². The SMILES string of the molecule is Cl.NCCCNCCCCNCCCNC1(CO)O[C@H](CO)[C@@H](O)[C@@H]1O. The van der Waals surface area contributed by atoms with E-state index in [1.165, 1.54) is 0 Å². The molecule has 0 bridgehead atoms. The van der Waals surface area contributed by atoms with E-state index in [4.69, 9.17) is 15.6 Å². The number of hydrogen-bond acceptors (Lipinski definition) is 9. The second kappa shape index (κ2) is 14.9. The van der Waals surface area contributed by atoms with Gasteiger partial charge < -0.3 is 41.5 Å². The van der Waals surface area contributed by atoms with Crippen LogP contribution in [0.25, 0.3) is 0 Å². The molecule has 0 amide bonds. The Balaban J connectivity index is 0.00000625. The first-order valence-corrected chi connectivity index (χ1v) is 9.23. The van der Waals surface area contributed by atoms with Crippen LogP contribution in [0.3, 0.4) is 0 Å².